The molecule has 1 aliphatic rings. The van der Waals surface area contributed by atoms with Gasteiger partial charge in [-0.2, -0.15) is 0 Å². The number of nitrogens with zero attached hydrogens (tertiary/aromatic N) is 1. The molecule has 0 bridgehead atoms. The molecule has 4 heteroatoms. The van der Waals surface area contributed by atoms with E-state index in [1.807, 2.05) is 0 Å². The minimum atomic E-state index is -0.667. The molecule has 0 saturated carbocycles. The van der Waals surface area contributed by atoms with Crippen molar-refractivity contribution in [3.63, 3.8) is 0 Å². The topological polar surface area (TPSA) is 50.2 Å². The number of hydrogen-bond acceptors (Lipinski definition) is 3. The van der Waals surface area contributed by atoms with E-state index in [9.17, 15) is 4.79 Å². The summed E-state index contributed by atoms with van der Waals surface area (Å²) in [4.78, 5) is 16.7. The molecule has 1 N–H and O–H groups in total. The number of aliphatic carboxylic acids is 1. The number of carboxylic acids is 1. The van der Waals surface area contributed by atoms with E-state index in [-0.39, 0.29) is 5.92 Å². The highest BCUT2D eigenvalue weighted by Gasteiger charge is 2.27. The Morgan fingerprint density at radius 3 is 2.93 bits per heavy atom. The third-order valence-corrected chi connectivity index (χ3v) is 4.22. The summed E-state index contributed by atoms with van der Waals surface area (Å²) in [7, 11) is 0. The van der Waals surface area contributed by atoms with Crippen LogP contribution in [0, 0.1) is 5.92 Å². The average molecular weight is 225 g/mol. The first kappa shape index (κ1) is 10.6. The van der Waals surface area contributed by atoms with Gasteiger partial charge < -0.3 is 5.11 Å². The van der Waals surface area contributed by atoms with Gasteiger partial charge in [-0.3, -0.25) is 4.79 Å². The first-order valence-corrected chi connectivity index (χ1v) is 6.11. The van der Waals surface area contributed by atoms with Crippen molar-refractivity contribution in [2.75, 3.05) is 0 Å². The van der Waals surface area contributed by atoms with Crippen LogP contribution in [0.25, 0.3) is 0 Å². The molecule has 0 spiro atoms. The summed E-state index contributed by atoms with van der Waals surface area (Å²) in [5.74, 6) is -0.415. The molecule has 15 heavy (non-hydrogen) atoms. The van der Waals surface area contributed by atoms with Crippen molar-refractivity contribution in [1.29, 1.82) is 0 Å². The van der Waals surface area contributed by atoms with E-state index in [0.717, 1.165) is 23.5 Å². The van der Waals surface area contributed by atoms with E-state index < -0.39 is 5.97 Å². The quantitative estimate of drug-likeness (QED) is 0.841. The molecule has 0 radical (unpaired) electrons. The highest BCUT2D eigenvalue weighted by atomic mass is 32.1. The summed E-state index contributed by atoms with van der Waals surface area (Å²) in [6.45, 7) is 4.25. The molecule has 3 nitrogen and oxygen atoms in total. The highest BCUT2D eigenvalue weighted by molar-refractivity contribution is 7.11. The van der Waals surface area contributed by atoms with E-state index in [2.05, 4.69) is 18.8 Å². The lowest BCUT2D eigenvalue weighted by Gasteiger charge is -2.16. The van der Waals surface area contributed by atoms with Gasteiger partial charge in [-0.05, 0) is 19.3 Å². The second-order valence-corrected chi connectivity index (χ2v) is 5.47. The first-order chi connectivity index (χ1) is 7.08. The number of carboxylic acid groups (broad SMARTS) is 1. The molecule has 2 rings (SSSR count). The predicted octanol–water partition coefficient (Wildman–Crippen LogP) is 2.46. The Balaban J connectivity index is 2.22. The lowest BCUT2D eigenvalue weighted by molar-refractivity contribution is -0.142. The molecule has 1 unspecified atom stereocenters. The smallest absolute Gasteiger partial charge is 0.306 e. The number of aryl methyl sites for hydroxylation is 1. The first-order valence-electron chi connectivity index (χ1n) is 5.29. The molecule has 0 amide bonds. The third kappa shape index (κ3) is 2.04. The molecule has 1 aliphatic carbocycles. The van der Waals surface area contributed by atoms with Gasteiger partial charge in [0.05, 0.1) is 16.6 Å². The molecule has 0 aliphatic heterocycles. The Hall–Kier alpha value is -0.900. The molecule has 1 heterocycles. The van der Waals surface area contributed by atoms with Crippen molar-refractivity contribution in [3.05, 3.63) is 15.6 Å². The van der Waals surface area contributed by atoms with Crippen molar-refractivity contribution < 1.29 is 9.90 Å². The molecule has 1 atom stereocenters. The van der Waals surface area contributed by atoms with Crippen LogP contribution >= 0.6 is 11.3 Å². The summed E-state index contributed by atoms with van der Waals surface area (Å²) in [6, 6.07) is 0. The van der Waals surface area contributed by atoms with E-state index in [1.54, 1.807) is 11.3 Å². The van der Waals surface area contributed by atoms with Crippen molar-refractivity contribution in [2.24, 2.45) is 5.92 Å². The van der Waals surface area contributed by atoms with Gasteiger partial charge in [0.25, 0.3) is 0 Å². The zero-order valence-electron chi connectivity index (χ0n) is 8.99. The largest absolute Gasteiger partial charge is 0.481 e. The van der Waals surface area contributed by atoms with E-state index in [4.69, 9.17) is 5.11 Å². The summed E-state index contributed by atoms with van der Waals surface area (Å²) in [5, 5.41) is 10.1. The minimum Gasteiger partial charge on any atom is -0.481 e. The van der Waals surface area contributed by atoms with E-state index in [0.29, 0.717) is 12.3 Å². The maximum Gasteiger partial charge on any atom is 0.306 e. The predicted molar refractivity (Wildman–Crippen MR) is 59.4 cm³/mol. The van der Waals surface area contributed by atoms with Gasteiger partial charge in [0, 0.05) is 10.8 Å². The highest BCUT2D eigenvalue weighted by Crippen LogP contribution is 2.32. The Morgan fingerprint density at radius 1 is 1.60 bits per heavy atom. The molecule has 82 valence electrons. The number of aromatic nitrogens is 1. The van der Waals surface area contributed by atoms with Crippen LogP contribution < -0.4 is 0 Å². The fourth-order valence-corrected chi connectivity index (χ4v) is 3.05. The van der Waals surface area contributed by atoms with Crippen molar-refractivity contribution in [2.45, 2.75) is 39.0 Å². The molecule has 1 aromatic heterocycles. The minimum absolute atomic E-state index is 0.196. The Kier molecular flexibility index (Phi) is 2.78. The van der Waals surface area contributed by atoms with Crippen LogP contribution in [0.15, 0.2) is 0 Å². The van der Waals surface area contributed by atoms with Crippen molar-refractivity contribution >= 4 is 17.3 Å². The second-order valence-electron chi connectivity index (χ2n) is 4.35. The normalized spacial score (nSPS) is 20.3. The fourth-order valence-electron chi connectivity index (χ4n) is 1.85. The Labute approximate surface area is 93.2 Å². The average Bonchev–Trinajstić information content (AvgIpc) is 2.59. The van der Waals surface area contributed by atoms with Gasteiger partial charge >= 0.3 is 5.97 Å². The lowest BCUT2D eigenvalue weighted by atomic mass is 9.91. The maximum atomic E-state index is 10.9. The van der Waals surface area contributed by atoms with Crippen LogP contribution in [0.2, 0.25) is 0 Å². The van der Waals surface area contributed by atoms with E-state index in [1.165, 1.54) is 4.88 Å². The van der Waals surface area contributed by atoms with Crippen LogP contribution in [0.5, 0.6) is 0 Å². The van der Waals surface area contributed by atoms with E-state index >= 15 is 0 Å². The van der Waals surface area contributed by atoms with Crippen LogP contribution in [0.4, 0.5) is 0 Å². The SMILES string of the molecule is CC(C)c1nc2c(s1)CC(C(=O)O)CC2. The molecule has 0 aromatic carbocycles. The zero-order chi connectivity index (χ0) is 11.0. The van der Waals surface area contributed by atoms with Gasteiger partial charge in [0.15, 0.2) is 0 Å². The summed E-state index contributed by atoms with van der Waals surface area (Å²) < 4.78 is 0. The van der Waals surface area contributed by atoms with Crippen LogP contribution in [0.1, 0.15) is 41.8 Å². The van der Waals surface area contributed by atoms with Crippen LogP contribution in [-0.4, -0.2) is 16.1 Å². The van der Waals surface area contributed by atoms with Gasteiger partial charge in [0.1, 0.15) is 0 Å². The van der Waals surface area contributed by atoms with Crippen LogP contribution in [-0.2, 0) is 17.6 Å². The number of rotatable bonds is 2. The lowest BCUT2D eigenvalue weighted by Crippen LogP contribution is -2.21. The van der Waals surface area contributed by atoms with Gasteiger partial charge in [-0.1, -0.05) is 13.8 Å². The second kappa shape index (κ2) is 3.93. The zero-order valence-corrected chi connectivity index (χ0v) is 9.80. The Bertz CT molecular complexity index is 384. The Morgan fingerprint density at radius 2 is 2.33 bits per heavy atom. The summed E-state index contributed by atoms with van der Waals surface area (Å²) >= 11 is 1.69. The number of thiazole rings is 1. The standard InChI is InChI=1S/C11H15NO2S/c1-6(2)10-12-8-4-3-7(11(13)14)5-9(8)15-10/h6-7H,3-5H2,1-2H3,(H,13,14). The maximum absolute atomic E-state index is 10.9. The van der Waals surface area contributed by atoms with Crippen molar-refractivity contribution in [3.8, 4) is 0 Å². The number of fused-ring (bicyclic) bond motifs is 1. The number of carbonyl (C=O) groups is 1. The van der Waals surface area contributed by atoms with Gasteiger partial charge in [-0.15, -0.1) is 11.3 Å². The molecule has 0 fully saturated rings. The van der Waals surface area contributed by atoms with Gasteiger partial charge in [-0.25, -0.2) is 4.98 Å². The fraction of sp³-hybridized carbons (Fsp3) is 0.636. The van der Waals surface area contributed by atoms with Gasteiger partial charge in [0.2, 0.25) is 0 Å². The monoisotopic (exact) mass is 225 g/mol. The molecule has 1 aromatic rings. The third-order valence-electron chi connectivity index (χ3n) is 2.80. The molecule has 0 saturated heterocycles. The van der Waals surface area contributed by atoms with Crippen molar-refractivity contribution in [1.82, 2.24) is 4.98 Å². The summed E-state index contributed by atoms with van der Waals surface area (Å²) in [6.07, 6.45) is 2.24. The molecular weight excluding hydrogens is 210 g/mol. The van der Waals surface area contributed by atoms with Crippen LogP contribution in [0.3, 0.4) is 0 Å². The number of hydrogen-bond donors (Lipinski definition) is 1. The summed E-state index contributed by atoms with van der Waals surface area (Å²) in [5.41, 5.74) is 1.14. The molecular formula is C11H15NO2S.